The highest BCUT2D eigenvalue weighted by Crippen LogP contribution is 1.98. The molecule has 0 aliphatic carbocycles. The SMILES string of the molecule is Cc1csc(=O)n1CC(=O)NCCC(C)O. The minimum atomic E-state index is -0.425. The second-order valence-electron chi connectivity index (χ2n) is 3.72. The predicted octanol–water partition coefficient (Wildman–Crippen LogP) is 0.105. The van der Waals surface area contributed by atoms with Crippen molar-refractivity contribution < 1.29 is 9.90 Å². The summed E-state index contributed by atoms with van der Waals surface area (Å²) in [5.41, 5.74) is 0.792. The molecule has 2 N–H and O–H groups in total. The first kappa shape index (κ1) is 12.9. The molecule has 0 aliphatic rings. The summed E-state index contributed by atoms with van der Waals surface area (Å²) in [6.45, 7) is 3.93. The zero-order valence-corrected chi connectivity index (χ0v) is 10.2. The first-order chi connectivity index (χ1) is 7.50. The molecule has 0 bridgehead atoms. The Morgan fingerprint density at radius 2 is 2.38 bits per heavy atom. The lowest BCUT2D eigenvalue weighted by Gasteiger charge is -2.07. The standard InChI is InChI=1S/C10H16N2O3S/c1-7-6-16-10(15)12(7)5-9(14)11-4-3-8(2)13/h6,8,13H,3-5H2,1-2H3,(H,11,14). The second-order valence-corrected chi connectivity index (χ2v) is 4.54. The van der Waals surface area contributed by atoms with E-state index in [1.54, 1.807) is 19.2 Å². The number of nitrogens with one attached hydrogen (secondary N) is 1. The third kappa shape index (κ3) is 3.79. The maximum atomic E-state index is 11.4. The maximum Gasteiger partial charge on any atom is 0.307 e. The topological polar surface area (TPSA) is 71.3 Å². The molecule has 16 heavy (non-hydrogen) atoms. The van der Waals surface area contributed by atoms with Crippen LogP contribution in [-0.4, -0.2) is 28.2 Å². The van der Waals surface area contributed by atoms with Gasteiger partial charge < -0.3 is 10.4 Å². The van der Waals surface area contributed by atoms with Gasteiger partial charge in [-0.1, -0.05) is 11.3 Å². The van der Waals surface area contributed by atoms with Gasteiger partial charge in [0.15, 0.2) is 0 Å². The highest BCUT2D eigenvalue weighted by atomic mass is 32.1. The third-order valence-corrected chi connectivity index (χ3v) is 3.04. The van der Waals surface area contributed by atoms with Gasteiger partial charge in [0.2, 0.25) is 5.91 Å². The van der Waals surface area contributed by atoms with Gasteiger partial charge in [-0.15, -0.1) is 0 Å². The van der Waals surface area contributed by atoms with E-state index in [1.807, 2.05) is 0 Å². The van der Waals surface area contributed by atoms with E-state index in [9.17, 15) is 9.59 Å². The van der Waals surface area contributed by atoms with Gasteiger partial charge in [0.05, 0.1) is 6.10 Å². The largest absolute Gasteiger partial charge is 0.393 e. The summed E-state index contributed by atoms with van der Waals surface area (Å²) in [5, 5.41) is 13.4. The first-order valence-corrected chi connectivity index (χ1v) is 5.98. The molecular weight excluding hydrogens is 228 g/mol. The fourth-order valence-electron chi connectivity index (χ4n) is 1.22. The fourth-order valence-corrected chi connectivity index (χ4v) is 1.95. The quantitative estimate of drug-likeness (QED) is 0.772. The molecule has 0 saturated heterocycles. The van der Waals surface area contributed by atoms with Crippen molar-refractivity contribution in [2.75, 3.05) is 6.54 Å². The first-order valence-electron chi connectivity index (χ1n) is 5.10. The van der Waals surface area contributed by atoms with Crippen LogP contribution in [0.4, 0.5) is 0 Å². The summed E-state index contributed by atoms with van der Waals surface area (Å²) < 4.78 is 1.43. The number of thiazole rings is 1. The number of nitrogens with zero attached hydrogens (tertiary/aromatic N) is 1. The number of hydrogen-bond acceptors (Lipinski definition) is 4. The van der Waals surface area contributed by atoms with Crippen molar-refractivity contribution in [3.8, 4) is 0 Å². The Labute approximate surface area is 97.7 Å². The summed E-state index contributed by atoms with van der Waals surface area (Å²) in [6, 6.07) is 0. The molecule has 0 fully saturated rings. The highest BCUT2D eigenvalue weighted by molar-refractivity contribution is 7.07. The number of hydrogen-bond donors (Lipinski definition) is 2. The highest BCUT2D eigenvalue weighted by Gasteiger charge is 2.07. The number of aliphatic hydroxyl groups is 1. The maximum absolute atomic E-state index is 11.4. The molecule has 1 heterocycles. The van der Waals surface area contributed by atoms with E-state index in [4.69, 9.17) is 5.11 Å². The van der Waals surface area contributed by atoms with Crippen LogP contribution in [0.5, 0.6) is 0 Å². The Morgan fingerprint density at radius 1 is 1.69 bits per heavy atom. The van der Waals surface area contributed by atoms with Crippen molar-refractivity contribution in [3.63, 3.8) is 0 Å². The molecule has 5 nitrogen and oxygen atoms in total. The number of aryl methyl sites for hydroxylation is 1. The summed E-state index contributed by atoms with van der Waals surface area (Å²) in [4.78, 5) is 22.6. The summed E-state index contributed by atoms with van der Waals surface area (Å²) in [6.07, 6.45) is 0.0920. The molecule has 1 amide bonds. The molecule has 0 saturated carbocycles. The zero-order chi connectivity index (χ0) is 12.1. The van der Waals surface area contributed by atoms with Crippen LogP contribution in [0.1, 0.15) is 19.0 Å². The minimum Gasteiger partial charge on any atom is -0.393 e. The van der Waals surface area contributed by atoms with Crippen LogP contribution < -0.4 is 10.2 Å². The van der Waals surface area contributed by atoms with Crippen LogP contribution >= 0.6 is 11.3 Å². The molecule has 1 aromatic rings. The van der Waals surface area contributed by atoms with Crippen LogP contribution in [0.15, 0.2) is 10.2 Å². The van der Waals surface area contributed by atoms with E-state index < -0.39 is 6.10 Å². The van der Waals surface area contributed by atoms with Crippen LogP contribution in [0.3, 0.4) is 0 Å². The van der Waals surface area contributed by atoms with Gasteiger partial charge in [0, 0.05) is 17.6 Å². The molecule has 0 aliphatic heterocycles. The van der Waals surface area contributed by atoms with Gasteiger partial charge in [-0.2, -0.15) is 0 Å². The molecule has 0 aromatic carbocycles. The van der Waals surface area contributed by atoms with Gasteiger partial charge >= 0.3 is 4.87 Å². The normalized spacial score (nSPS) is 12.4. The van der Waals surface area contributed by atoms with Crippen LogP contribution in [0.25, 0.3) is 0 Å². The summed E-state index contributed by atoms with van der Waals surface area (Å²) in [7, 11) is 0. The Bertz CT molecular complexity index is 408. The number of carbonyl (C=O) groups excluding carboxylic acids is 1. The van der Waals surface area contributed by atoms with Gasteiger partial charge in [-0.3, -0.25) is 14.2 Å². The lowest BCUT2D eigenvalue weighted by Crippen LogP contribution is -2.32. The average Bonchev–Trinajstić information content (AvgIpc) is 2.49. The van der Waals surface area contributed by atoms with E-state index >= 15 is 0 Å². The second kappa shape index (κ2) is 5.81. The van der Waals surface area contributed by atoms with Crippen molar-refractivity contribution in [1.82, 2.24) is 9.88 Å². The fraction of sp³-hybridized carbons (Fsp3) is 0.600. The zero-order valence-electron chi connectivity index (χ0n) is 9.40. The molecule has 0 radical (unpaired) electrons. The molecule has 90 valence electrons. The minimum absolute atomic E-state index is 0.0496. The molecule has 1 unspecified atom stereocenters. The van der Waals surface area contributed by atoms with Gasteiger partial charge in [0.25, 0.3) is 0 Å². The van der Waals surface area contributed by atoms with E-state index in [0.29, 0.717) is 13.0 Å². The lowest BCUT2D eigenvalue weighted by atomic mass is 10.3. The number of aliphatic hydroxyl groups excluding tert-OH is 1. The van der Waals surface area contributed by atoms with E-state index in [1.165, 1.54) is 4.57 Å². The third-order valence-electron chi connectivity index (χ3n) is 2.16. The monoisotopic (exact) mass is 244 g/mol. The summed E-state index contributed by atoms with van der Waals surface area (Å²) >= 11 is 1.09. The van der Waals surface area contributed by atoms with E-state index in [0.717, 1.165) is 17.0 Å². The van der Waals surface area contributed by atoms with Crippen molar-refractivity contribution in [3.05, 3.63) is 20.7 Å². The number of aromatic nitrogens is 1. The van der Waals surface area contributed by atoms with Gasteiger partial charge in [-0.25, -0.2) is 0 Å². The number of carbonyl (C=O) groups is 1. The summed E-state index contributed by atoms with van der Waals surface area (Å²) in [5.74, 6) is -0.204. The molecule has 1 rings (SSSR count). The van der Waals surface area contributed by atoms with E-state index in [2.05, 4.69) is 5.32 Å². The number of amides is 1. The van der Waals surface area contributed by atoms with Crippen LogP contribution in [0, 0.1) is 6.92 Å². The molecule has 1 atom stereocenters. The molecule has 6 heteroatoms. The van der Waals surface area contributed by atoms with Crippen molar-refractivity contribution in [2.24, 2.45) is 0 Å². The predicted molar refractivity (Wildman–Crippen MR) is 62.6 cm³/mol. The Hall–Kier alpha value is -1.14. The number of rotatable bonds is 5. The molecule has 0 spiro atoms. The molecular formula is C10H16N2O3S. The lowest BCUT2D eigenvalue weighted by molar-refractivity contribution is -0.121. The van der Waals surface area contributed by atoms with Crippen molar-refractivity contribution in [2.45, 2.75) is 32.9 Å². The Balaban J connectivity index is 2.43. The van der Waals surface area contributed by atoms with Crippen molar-refractivity contribution in [1.29, 1.82) is 0 Å². The Morgan fingerprint density at radius 3 is 2.88 bits per heavy atom. The van der Waals surface area contributed by atoms with Crippen LogP contribution in [-0.2, 0) is 11.3 Å². The average molecular weight is 244 g/mol. The van der Waals surface area contributed by atoms with Crippen molar-refractivity contribution >= 4 is 17.2 Å². The van der Waals surface area contributed by atoms with Gasteiger partial charge in [0.1, 0.15) is 6.54 Å². The smallest absolute Gasteiger partial charge is 0.307 e. The van der Waals surface area contributed by atoms with Gasteiger partial charge in [-0.05, 0) is 20.3 Å². The van der Waals surface area contributed by atoms with Crippen LogP contribution in [0.2, 0.25) is 0 Å². The Kier molecular flexibility index (Phi) is 4.70. The molecule has 1 aromatic heterocycles. The van der Waals surface area contributed by atoms with E-state index in [-0.39, 0.29) is 17.3 Å².